The first-order chi connectivity index (χ1) is 9.13. The quantitative estimate of drug-likeness (QED) is 0.681. The van der Waals surface area contributed by atoms with Crippen LogP contribution in [0.2, 0.25) is 5.02 Å². The number of aryl methyl sites for hydroxylation is 1. The van der Waals surface area contributed by atoms with Crippen LogP contribution in [-0.4, -0.2) is 14.9 Å². The third kappa shape index (κ3) is 3.19. The zero-order chi connectivity index (χ0) is 13.8. The van der Waals surface area contributed by atoms with E-state index in [1.807, 2.05) is 6.92 Å². The Morgan fingerprint density at radius 1 is 1.42 bits per heavy atom. The molecule has 2 rings (SSSR count). The number of nitrogens with two attached hydrogens (primary N) is 1. The molecule has 0 aliphatic carbocycles. The van der Waals surface area contributed by atoms with Gasteiger partial charge in [-0.1, -0.05) is 36.4 Å². The molecule has 0 atom stereocenters. The minimum absolute atomic E-state index is 0.322. The molecule has 0 aliphatic heterocycles. The molecule has 1 aromatic carbocycles. The molecule has 1 aromatic heterocycles. The van der Waals surface area contributed by atoms with Gasteiger partial charge in [0.2, 0.25) is 5.16 Å². The fourth-order valence-electron chi connectivity index (χ4n) is 1.61. The van der Waals surface area contributed by atoms with E-state index in [1.165, 1.54) is 22.5 Å². The normalized spacial score (nSPS) is 10.9. The summed E-state index contributed by atoms with van der Waals surface area (Å²) in [6.45, 7) is 2.04. The molecule has 2 aromatic rings. The van der Waals surface area contributed by atoms with Crippen LogP contribution in [0.25, 0.3) is 0 Å². The topological polar surface area (TPSA) is 56.7 Å². The van der Waals surface area contributed by atoms with Crippen molar-refractivity contribution in [3.05, 3.63) is 40.4 Å². The minimum atomic E-state index is -0.322. The van der Waals surface area contributed by atoms with Crippen LogP contribution in [0.1, 0.15) is 24.7 Å². The highest BCUT2D eigenvalue weighted by molar-refractivity contribution is 7.98. The van der Waals surface area contributed by atoms with Gasteiger partial charge in [-0.3, -0.25) is 0 Å². The Morgan fingerprint density at radius 2 is 2.21 bits per heavy atom. The maximum atomic E-state index is 13.6. The van der Waals surface area contributed by atoms with Gasteiger partial charge in [0.05, 0.1) is 0 Å². The summed E-state index contributed by atoms with van der Waals surface area (Å²) in [4.78, 5) is 0. The molecule has 0 radical (unpaired) electrons. The predicted octanol–water partition coefficient (Wildman–Crippen LogP) is 3.03. The van der Waals surface area contributed by atoms with E-state index >= 15 is 0 Å². The number of aromatic nitrogens is 3. The first-order valence-electron chi connectivity index (χ1n) is 5.88. The SMILES string of the molecule is CCCc1nnc(SCc2c(F)cccc2Cl)n1N. The number of nitrogens with zero attached hydrogens (tertiary/aromatic N) is 3. The van der Waals surface area contributed by atoms with Crippen LogP contribution < -0.4 is 5.84 Å². The van der Waals surface area contributed by atoms with Crippen LogP contribution in [-0.2, 0) is 12.2 Å². The molecule has 7 heteroatoms. The summed E-state index contributed by atoms with van der Waals surface area (Å²) in [7, 11) is 0. The molecule has 102 valence electrons. The highest BCUT2D eigenvalue weighted by Crippen LogP contribution is 2.27. The number of halogens is 2. The summed E-state index contributed by atoms with van der Waals surface area (Å²) in [5.41, 5.74) is 0.453. The highest BCUT2D eigenvalue weighted by Gasteiger charge is 2.12. The summed E-state index contributed by atoms with van der Waals surface area (Å²) < 4.78 is 15.1. The molecule has 0 unspecified atom stereocenters. The maximum Gasteiger partial charge on any atom is 0.210 e. The molecule has 0 bridgehead atoms. The average Bonchev–Trinajstić information content (AvgIpc) is 2.71. The second kappa shape index (κ2) is 6.25. The minimum Gasteiger partial charge on any atom is -0.336 e. The highest BCUT2D eigenvalue weighted by atomic mass is 35.5. The van der Waals surface area contributed by atoms with Crippen LogP contribution in [0.4, 0.5) is 4.39 Å². The molecule has 4 nitrogen and oxygen atoms in total. The molecule has 0 spiro atoms. The van der Waals surface area contributed by atoms with Gasteiger partial charge >= 0.3 is 0 Å². The van der Waals surface area contributed by atoms with Crippen LogP contribution in [0, 0.1) is 5.82 Å². The summed E-state index contributed by atoms with van der Waals surface area (Å²) in [5.74, 6) is 6.65. The molecular formula is C12H14ClFN4S. The van der Waals surface area contributed by atoms with Crippen molar-refractivity contribution in [3.8, 4) is 0 Å². The molecule has 0 saturated carbocycles. The van der Waals surface area contributed by atoms with Gasteiger partial charge in [-0.05, 0) is 18.6 Å². The number of hydrogen-bond donors (Lipinski definition) is 1. The largest absolute Gasteiger partial charge is 0.336 e. The molecule has 19 heavy (non-hydrogen) atoms. The van der Waals surface area contributed by atoms with Gasteiger partial charge in [0.25, 0.3) is 0 Å². The van der Waals surface area contributed by atoms with Gasteiger partial charge in [0.1, 0.15) is 5.82 Å². The Balaban J connectivity index is 2.11. The Hall–Kier alpha value is -1.27. The van der Waals surface area contributed by atoms with E-state index in [2.05, 4.69) is 10.2 Å². The number of hydrogen-bond acceptors (Lipinski definition) is 4. The second-order valence-electron chi connectivity index (χ2n) is 4.01. The average molecular weight is 301 g/mol. The zero-order valence-electron chi connectivity index (χ0n) is 10.4. The lowest BCUT2D eigenvalue weighted by molar-refractivity contribution is 0.617. The monoisotopic (exact) mass is 300 g/mol. The summed E-state index contributed by atoms with van der Waals surface area (Å²) >= 11 is 7.28. The van der Waals surface area contributed by atoms with Crippen molar-refractivity contribution < 1.29 is 4.39 Å². The van der Waals surface area contributed by atoms with Gasteiger partial charge in [-0.25, -0.2) is 9.07 Å². The van der Waals surface area contributed by atoms with Gasteiger partial charge in [-0.15, -0.1) is 10.2 Å². The summed E-state index contributed by atoms with van der Waals surface area (Å²) in [5, 5.41) is 8.96. The van der Waals surface area contributed by atoms with Crippen molar-refractivity contribution in [2.24, 2.45) is 0 Å². The maximum absolute atomic E-state index is 13.6. The molecule has 0 fully saturated rings. The molecule has 2 N–H and O–H groups in total. The predicted molar refractivity (Wildman–Crippen MR) is 75.1 cm³/mol. The fraction of sp³-hybridized carbons (Fsp3) is 0.333. The van der Waals surface area contributed by atoms with Crippen molar-refractivity contribution in [2.75, 3.05) is 5.84 Å². The number of nitrogen functional groups attached to an aromatic ring is 1. The lowest BCUT2D eigenvalue weighted by Crippen LogP contribution is -2.13. The van der Waals surface area contributed by atoms with Crippen LogP contribution in [0.5, 0.6) is 0 Å². The van der Waals surface area contributed by atoms with Gasteiger partial charge < -0.3 is 5.84 Å². The Bertz CT molecular complexity index is 553. The van der Waals surface area contributed by atoms with Crippen molar-refractivity contribution >= 4 is 23.4 Å². The van der Waals surface area contributed by atoms with E-state index in [9.17, 15) is 4.39 Å². The van der Waals surface area contributed by atoms with Crippen molar-refractivity contribution in [1.82, 2.24) is 14.9 Å². The van der Waals surface area contributed by atoms with Gasteiger partial charge in [-0.2, -0.15) is 0 Å². The number of benzene rings is 1. The van der Waals surface area contributed by atoms with E-state index in [1.54, 1.807) is 12.1 Å². The third-order valence-corrected chi connectivity index (χ3v) is 3.94. The zero-order valence-corrected chi connectivity index (χ0v) is 12.0. The second-order valence-corrected chi connectivity index (χ2v) is 5.36. The lowest BCUT2D eigenvalue weighted by atomic mass is 10.2. The van der Waals surface area contributed by atoms with E-state index in [0.717, 1.165) is 18.7 Å². The first kappa shape index (κ1) is 14.1. The van der Waals surface area contributed by atoms with Gasteiger partial charge in [0.15, 0.2) is 5.82 Å². The van der Waals surface area contributed by atoms with Crippen LogP contribution in [0.15, 0.2) is 23.4 Å². The number of rotatable bonds is 5. The Morgan fingerprint density at radius 3 is 2.89 bits per heavy atom. The van der Waals surface area contributed by atoms with Crippen LogP contribution in [0.3, 0.4) is 0 Å². The Kier molecular flexibility index (Phi) is 4.66. The standard InChI is InChI=1S/C12H14ClFN4S/c1-2-4-11-16-17-12(18(11)15)19-7-8-9(13)5-3-6-10(8)14/h3,5-6H,2,4,7,15H2,1H3. The number of thioether (sulfide) groups is 1. The van der Waals surface area contributed by atoms with Gasteiger partial charge in [0, 0.05) is 22.8 Å². The molecule has 1 heterocycles. The van der Waals surface area contributed by atoms with Crippen molar-refractivity contribution in [1.29, 1.82) is 0 Å². The summed E-state index contributed by atoms with van der Waals surface area (Å²) in [6, 6.07) is 4.63. The van der Waals surface area contributed by atoms with E-state index in [4.69, 9.17) is 17.4 Å². The van der Waals surface area contributed by atoms with Crippen molar-refractivity contribution in [2.45, 2.75) is 30.7 Å². The summed E-state index contributed by atoms with van der Waals surface area (Å²) in [6.07, 6.45) is 1.71. The fourth-order valence-corrected chi connectivity index (χ4v) is 2.83. The van der Waals surface area contributed by atoms with Crippen molar-refractivity contribution in [3.63, 3.8) is 0 Å². The Labute approximate surface area is 120 Å². The van der Waals surface area contributed by atoms with E-state index in [-0.39, 0.29) is 5.82 Å². The molecule has 0 aliphatic rings. The molecular weight excluding hydrogens is 287 g/mol. The van der Waals surface area contributed by atoms with E-state index in [0.29, 0.717) is 21.5 Å². The third-order valence-electron chi connectivity index (χ3n) is 2.62. The molecule has 0 saturated heterocycles. The van der Waals surface area contributed by atoms with Crippen LogP contribution >= 0.6 is 23.4 Å². The van der Waals surface area contributed by atoms with E-state index < -0.39 is 0 Å². The smallest absolute Gasteiger partial charge is 0.210 e. The first-order valence-corrected chi connectivity index (χ1v) is 7.25. The molecule has 0 amide bonds. The lowest BCUT2D eigenvalue weighted by Gasteiger charge is -2.05.